The summed E-state index contributed by atoms with van der Waals surface area (Å²) in [6.45, 7) is 0. The highest BCUT2D eigenvalue weighted by atomic mass is 19.4. The van der Waals surface area contributed by atoms with Gasteiger partial charge in [0.25, 0.3) is 5.60 Å². The summed E-state index contributed by atoms with van der Waals surface area (Å²) >= 11 is 0. The highest BCUT2D eigenvalue weighted by Crippen LogP contribution is 2.55. The first-order valence-electron chi connectivity index (χ1n) is 9.87. The Bertz CT molecular complexity index is 769. The molecule has 4 aliphatic rings. The maximum Gasteiger partial charge on any atom is 0.430 e. The lowest BCUT2D eigenvalue weighted by molar-refractivity contribution is -0.376. The van der Waals surface area contributed by atoms with E-state index in [4.69, 9.17) is 0 Å². The van der Waals surface area contributed by atoms with Crippen LogP contribution in [0.2, 0.25) is 0 Å². The van der Waals surface area contributed by atoms with E-state index in [1.165, 1.54) is 19.3 Å². The van der Waals surface area contributed by atoms with Gasteiger partial charge in [-0.3, -0.25) is 0 Å². The third-order valence-electron chi connectivity index (χ3n) is 6.80. The first-order chi connectivity index (χ1) is 13.8. The molecule has 0 heterocycles. The molecule has 0 spiro atoms. The zero-order valence-electron chi connectivity index (χ0n) is 15.9. The van der Waals surface area contributed by atoms with Crippen molar-refractivity contribution in [2.45, 2.75) is 62.0 Å². The van der Waals surface area contributed by atoms with Crippen LogP contribution < -0.4 is 10.6 Å². The Morgan fingerprint density at radius 2 is 1.30 bits per heavy atom. The number of nitrogens with one attached hydrogen (secondary N) is 2. The zero-order chi connectivity index (χ0) is 21.9. The van der Waals surface area contributed by atoms with Crippen molar-refractivity contribution < 1.29 is 36.2 Å². The molecule has 4 fully saturated rings. The van der Waals surface area contributed by atoms with Gasteiger partial charge in [0.05, 0.1) is 0 Å². The Kier molecular flexibility index (Phi) is 4.80. The third-order valence-corrected chi connectivity index (χ3v) is 6.80. The first kappa shape index (κ1) is 21.3. The molecular weight excluding hydrogens is 414 g/mol. The van der Waals surface area contributed by atoms with E-state index in [1.807, 2.05) is 0 Å². The van der Waals surface area contributed by atoms with Crippen LogP contribution in [-0.2, 0) is 5.60 Å². The van der Waals surface area contributed by atoms with Gasteiger partial charge in [0.2, 0.25) is 0 Å². The Hall–Kier alpha value is -1.97. The molecule has 3 N–H and O–H groups in total. The van der Waals surface area contributed by atoms with Gasteiger partial charge in [-0.05, 0) is 68.4 Å². The fourth-order valence-electron chi connectivity index (χ4n) is 5.95. The first-order valence-corrected chi connectivity index (χ1v) is 9.87. The molecule has 4 bridgehead atoms. The zero-order valence-corrected chi connectivity index (χ0v) is 15.9. The molecule has 4 aliphatic carbocycles. The van der Waals surface area contributed by atoms with Crippen LogP contribution in [0.1, 0.15) is 44.1 Å². The minimum Gasteiger partial charge on any atom is -0.369 e. The summed E-state index contributed by atoms with van der Waals surface area (Å²) in [5, 5.41) is 14.9. The fraction of sp³-hybridized carbons (Fsp3) is 0.650. The van der Waals surface area contributed by atoms with Crippen LogP contribution in [0.3, 0.4) is 0 Å². The van der Waals surface area contributed by atoms with E-state index >= 15 is 0 Å². The third kappa shape index (κ3) is 3.52. The van der Waals surface area contributed by atoms with Gasteiger partial charge in [-0.25, -0.2) is 4.79 Å². The molecular formula is C20H22F6N2O2. The highest BCUT2D eigenvalue weighted by Gasteiger charge is 2.71. The molecule has 0 atom stereocenters. The molecule has 0 aliphatic heterocycles. The van der Waals surface area contributed by atoms with E-state index in [0.717, 1.165) is 31.4 Å². The van der Waals surface area contributed by atoms with Gasteiger partial charge in [0.15, 0.2) is 0 Å². The average molecular weight is 436 g/mol. The van der Waals surface area contributed by atoms with Crippen molar-refractivity contribution in [1.29, 1.82) is 0 Å². The molecule has 0 aromatic heterocycles. The molecule has 0 saturated heterocycles. The normalized spacial score (nSPS) is 31.0. The topological polar surface area (TPSA) is 61.4 Å². The molecule has 10 heteroatoms. The van der Waals surface area contributed by atoms with Crippen molar-refractivity contribution in [3.8, 4) is 0 Å². The Balaban J connectivity index is 1.46. The number of hydrogen-bond donors (Lipinski definition) is 3. The molecule has 4 nitrogen and oxygen atoms in total. The number of amides is 2. The monoisotopic (exact) mass is 436 g/mol. The van der Waals surface area contributed by atoms with Crippen LogP contribution in [0.15, 0.2) is 24.3 Å². The van der Waals surface area contributed by atoms with Crippen LogP contribution >= 0.6 is 0 Å². The standard InChI is InChI=1S/C20H22F6N2O2/c21-19(22,23)18(30,20(24,25)26)14-1-3-15(4-2-14)27-16(29)28-17-8-11-5-12(9-17)7-13(6-11)10-17/h1-4,11-13,30H,5-10H2,(H2,27,28,29). The van der Waals surface area contributed by atoms with Gasteiger partial charge < -0.3 is 15.7 Å². The van der Waals surface area contributed by atoms with E-state index in [9.17, 15) is 36.2 Å². The van der Waals surface area contributed by atoms with Crippen LogP contribution in [0.4, 0.5) is 36.8 Å². The molecule has 2 amide bonds. The van der Waals surface area contributed by atoms with Gasteiger partial charge in [-0.2, -0.15) is 26.3 Å². The second-order valence-electron chi connectivity index (χ2n) is 9.06. The van der Waals surface area contributed by atoms with Gasteiger partial charge in [-0.15, -0.1) is 0 Å². The number of alkyl halides is 6. The average Bonchev–Trinajstić information content (AvgIpc) is 2.58. The molecule has 5 rings (SSSR count). The molecule has 30 heavy (non-hydrogen) atoms. The van der Waals surface area contributed by atoms with E-state index in [2.05, 4.69) is 10.6 Å². The number of rotatable bonds is 3. The number of halogens is 6. The summed E-state index contributed by atoms with van der Waals surface area (Å²) < 4.78 is 77.8. The van der Waals surface area contributed by atoms with Crippen molar-refractivity contribution in [2.24, 2.45) is 17.8 Å². The van der Waals surface area contributed by atoms with Crippen molar-refractivity contribution in [3.63, 3.8) is 0 Å². The second-order valence-corrected chi connectivity index (χ2v) is 9.06. The Morgan fingerprint density at radius 3 is 1.70 bits per heavy atom. The molecule has 4 saturated carbocycles. The predicted molar refractivity (Wildman–Crippen MR) is 95.5 cm³/mol. The minimum absolute atomic E-state index is 0.0349. The predicted octanol–water partition coefficient (Wildman–Crippen LogP) is 5.09. The van der Waals surface area contributed by atoms with Crippen molar-refractivity contribution in [3.05, 3.63) is 29.8 Å². The van der Waals surface area contributed by atoms with E-state index in [1.54, 1.807) is 0 Å². The number of hydrogen-bond acceptors (Lipinski definition) is 2. The number of urea groups is 1. The Morgan fingerprint density at radius 1 is 0.867 bits per heavy atom. The lowest BCUT2D eigenvalue weighted by Crippen LogP contribution is -2.60. The summed E-state index contributed by atoms with van der Waals surface area (Å²) in [7, 11) is 0. The van der Waals surface area contributed by atoms with Crippen molar-refractivity contribution in [1.82, 2.24) is 5.32 Å². The quantitative estimate of drug-likeness (QED) is 0.578. The number of benzene rings is 1. The summed E-state index contributed by atoms with van der Waals surface area (Å²) in [5.41, 5.74) is -6.60. The second kappa shape index (κ2) is 6.77. The molecule has 1 aromatic carbocycles. The largest absolute Gasteiger partial charge is 0.430 e. The van der Waals surface area contributed by atoms with Crippen LogP contribution in [0.25, 0.3) is 0 Å². The number of aliphatic hydroxyl groups is 1. The molecule has 1 aromatic rings. The van der Waals surface area contributed by atoms with E-state index < -0.39 is 29.5 Å². The van der Waals surface area contributed by atoms with Gasteiger partial charge >= 0.3 is 18.4 Å². The summed E-state index contributed by atoms with van der Waals surface area (Å²) in [6, 6.07) is 2.32. The summed E-state index contributed by atoms with van der Waals surface area (Å²) in [5.74, 6) is 1.79. The van der Waals surface area contributed by atoms with Crippen LogP contribution in [-0.4, -0.2) is 29.0 Å². The van der Waals surface area contributed by atoms with E-state index in [0.29, 0.717) is 29.9 Å². The lowest BCUT2D eigenvalue weighted by Gasteiger charge is -2.56. The van der Waals surface area contributed by atoms with Gasteiger partial charge in [0, 0.05) is 16.8 Å². The van der Waals surface area contributed by atoms with Crippen molar-refractivity contribution in [2.75, 3.05) is 5.32 Å². The SMILES string of the molecule is O=C(Nc1ccc(C(O)(C(F)(F)F)C(F)(F)F)cc1)NC12CC3CC(CC(C3)C1)C2. The fourth-order valence-corrected chi connectivity index (χ4v) is 5.95. The number of anilines is 1. The van der Waals surface area contributed by atoms with Crippen molar-refractivity contribution >= 4 is 11.7 Å². The van der Waals surface area contributed by atoms with Crippen LogP contribution in [0.5, 0.6) is 0 Å². The number of carbonyl (C=O) groups is 1. The maximum atomic E-state index is 13.0. The number of carbonyl (C=O) groups excluding carboxylic acids is 1. The maximum absolute atomic E-state index is 13.0. The molecule has 0 unspecified atom stereocenters. The molecule has 166 valence electrons. The summed E-state index contributed by atoms with van der Waals surface area (Å²) in [6.07, 6.45) is -5.64. The summed E-state index contributed by atoms with van der Waals surface area (Å²) in [4.78, 5) is 12.5. The lowest BCUT2D eigenvalue weighted by atomic mass is 9.53. The smallest absolute Gasteiger partial charge is 0.369 e. The van der Waals surface area contributed by atoms with Crippen LogP contribution in [0, 0.1) is 17.8 Å². The molecule has 0 radical (unpaired) electrons. The minimum atomic E-state index is -5.95. The van der Waals surface area contributed by atoms with E-state index in [-0.39, 0.29) is 11.2 Å². The van der Waals surface area contributed by atoms with Gasteiger partial charge in [0.1, 0.15) is 0 Å². The Labute approximate surface area is 169 Å². The van der Waals surface area contributed by atoms with Gasteiger partial charge in [-0.1, -0.05) is 12.1 Å². The highest BCUT2D eigenvalue weighted by molar-refractivity contribution is 5.89.